The van der Waals surface area contributed by atoms with Gasteiger partial charge in [0.2, 0.25) is 0 Å². The third kappa shape index (κ3) is 6.92. The van der Waals surface area contributed by atoms with Gasteiger partial charge >= 0.3 is 11.9 Å². The SMILES string of the molecule is CCC(CC)(C(=O)OC(C)CC(C)C)C(=O)OC(C)CC(C)C. The van der Waals surface area contributed by atoms with E-state index in [4.69, 9.17) is 9.47 Å². The molecule has 2 unspecified atom stereocenters. The van der Waals surface area contributed by atoms with Gasteiger partial charge in [-0.1, -0.05) is 41.5 Å². The largest absolute Gasteiger partial charge is 0.462 e. The number of ether oxygens (including phenoxy) is 2. The summed E-state index contributed by atoms with van der Waals surface area (Å²) in [5.41, 5.74) is -1.18. The van der Waals surface area contributed by atoms with Crippen LogP contribution >= 0.6 is 0 Å². The van der Waals surface area contributed by atoms with Crippen LogP contribution in [-0.4, -0.2) is 24.1 Å². The van der Waals surface area contributed by atoms with Gasteiger partial charge in [0, 0.05) is 0 Å². The maximum Gasteiger partial charge on any atom is 0.323 e. The second kappa shape index (κ2) is 9.94. The standard InChI is InChI=1S/C19H36O4/c1-9-19(10-2,17(20)22-15(7)11-13(3)4)18(21)23-16(8)12-14(5)6/h13-16H,9-12H2,1-8H3. The maximum absolute atomic E-state index is 12.6. The normalized spacial score (nSPS) is 14.7. The van der Waals surface area contributed by atoms with Gasteiger partial charge in [-0.2, -0.15) is 0 Å². The molecule has 0 radical (unpaired) electrons. The van der Waals surface area contributed by atoms with Crippen molar-refractivity contribution >= 4 is 11.9 Å². The van der Waals surface area contributed by atoms with Crippen LogP contribution in [0.25, 0.3) is 0 Å². The Bertz CT molecular complexity index is 338. The fourth-order valence-electron chi connectivity index (χ4n) is 2.93. The van der Waals surface area contributed by atoms with Crippen LogP contribution in [0.4, 0.5) is 0 Å². The summed E-state index contributed by atoms with van der Waals surface area (Å²) in [7, 11) is 0. The number of carbonyl (C=O) groups excluding carboxylic acids is 2. The van der Waals surface area contributed by atoms with E-state index >= 15 is 0 Å². The van der Waals surface area contributed by atoms with Crippen LogP contribution in [-0.2, 0) is 19.1 Å². The second-order valence-corrected chi connectivity index (χ2v) is 7.48. The molecule has 4 nitrogen and oxygen atoms in total. The van der Waals surface area contributed by atoms with Crippen LogP contribution in [0.5, 0.6) is 0 Å². The summed E-state index contributed by atoms with van der Waals surface area (Å²) in [6, 6.07) is 0. The summed E-state index contributed by atoms with van der Waals surface area (Å²) in [5, 5.41) is 0. The van der Waals surface area contributed by atoms with E-state index in [1.165, 1.54) is 0 Å². The molecule has 0 aromatic heterocycles. The maximum atomic E-state index is 12.6. The molecule has 136 valence electrons. The average Bonchev–Trinajstić information content (AvgIpc) is 2.38. The molecule has 0 saturated heterocycles. The van der Waals surface area contributed by atoms with Gasteiger partial charge in [-0.15, -0.1) is 0 Å². The minimum absolute atomic E-state index is 0.194. The molecule has 4 heteroatoms. The molecule has 0 heterocycles. The third-order valence-electron chi connectivity index (χ3n) is 4.21. The Morgan fingerprint density at radius 3 is 1.26 bits per heavy atom. The molecule has 0 rings (SSSR count). The molecule has 0 N–H and O–H groups in total. The predicted molar refractivity (Wildman–Crippen MR) is 93.0 cm³/mol. The Balaban J connectivity index is 5.01. The lowest BCUT2D eigenvalue weighted by atomic mass is 9.82. The minimum atomic E-state index is -1.18. The van der Waals surface area contributed by atoms with Crippen molar-refractivity contribution < 1.29 is 19.1 Å². The highest BCUT2D eigenvalue weighted by Crippen LogP contribution is 2.32. The van der Waals surface area contributed by atoms with Crippen molar-refractivity contribution in [1.82, 2.24) is 0 Å². The Kier molecular flexibility index (Phi) is 9.48. The number of hydrogen-bond donors (Lipinski definition) is 0. The van der Waals surface area contributed by atoms with Gasteiger partial charge in [-0.3, -0.25) is 9.59 Å². The average molecular weight is 328 g/mol. The van der Waals surface area contributed by atoms with Crippen LogP contribution in [0, 0.1) is 17.3 Å². The number of carbonyl (C=O) groups is 2. The topological polar surface area (TPSA) is 52.6 Å². The molecule has 0 fully saturated rings. The summed E-state index contributed by atoms with van der Waals surface area (Å²) >= 11 is 0. The van der Waals surface area contributed by atoms with E-state index in [9.17, 15) is 9.59 Å². The number of rotatable bonds is 10. The molecule has 0 amide bonds. The van der Waals surface area contributed by atoms with Gasteiger partial charge in [0.1, 0.15) is 0 Å². The summed E-state index contributed by atoms with van der Waals surface area (Å²) in [5.74, 6) is -0.0169. The minimum Gasteiger partial charge on any atom is -0.462 e. The lowest BCUT2D eigenvalue weighted by Crippen LogP contribution is -2.43. The summed E-state index contributed by atoms with van der Waals surface area (Å²) < 4.78 is 11.1. The fourth-order valence-corrected chi connectivity index (χ4v) is 2.93. The lowest BCUT2D eigenvalue weighted by Gasteiger charge is -2.30. The van der Waals surface area contributed by atoms with Crippen molar-refractivity contribution in [3.63, 3.8) is 0 Å². The van der Waals surface area contributed by atoms with Gasteiger partial charge < -0.3 is 9.47 Å². The molecule has 0 spiro atoms. The van der Waals surface area contributed by atoms with Crippen molar-refractivity contribution in [2.24, 2.45) is 17.3 Å². The van der Waals surface area contributed by atoms with Crippen LogP contribution in [0.3, 0.4) is 0 Å². The first-order chi connectivity index (χ1) is 10.6. The van der Waals surface area contributed by atoms with Crippen molar-refractivity contribution in [3.05, 3.63) is 0 Å². The van der Waals surface area contributed by atoms with Gasteiger partial charge in [0.15, 0.2) is 5.41 Å². The number of esters is 2. The zero-order valence-corrected chi connectivity index (χ0v) is 16.3. The Morgan fingerprint density at radius 2 is 1.04 bits per heavy atom. The van der Waals surface area contributed by atoms with E-state index in [-0.39, 0.29) is 12.2 Å². The summed E-state index contributed by atoms with van der Waals surface area (Å²) in [6.45, 7) is 15.8. The van der Waals surface area contributed by atoms with Gasteiger partial charge in [0.25, 0.3) is 0 Å². The van der Waals surface area contributed by atoms with Crippen LogP contribution in [0.15, 0.2) is 0 Å². The van der Waals surface area contributed by atoms with Crippen molar-refractivity contribution in [2.75, 3.05) is 0 Å². The third-order valence-corrected chi connectivity index (χ3v) is 4.21. The van der Waals surface area contributed by atoms with E-state index < -0.39 is 17.4 Å². The predicted octanol–water partition coefficient (Wildman–Crippen LogP) is 4.75. The number of hydrogen-bond acceptors (Lipinski definition) is 4. The van der Waals surface area contributed by atoms with E-state index in [0.29, 0.717) is 24.7 Å². The van der Waals surface area contributed by atoms with Crippen LogP contribution in [0.2, 0.25) is 0 Å². The Morgan fingerprint density at radius 1 is 0.739 bits per heavy atom. The Labute approximate surface area is 142 Å². The summed E-state index contributed by atoms with van der Waals surface area (Å²) in [6.07, 6.45) is 1.97. The summed E-state index contributed by atoms with van der Waals surface area (Å²) in [4.78, 5) is 25.3. The van der Waals surface area contributed by atoms with E-state index in [2.05, 4.69) is 27.7 Å². The molecule has 0 saturated carbocycles. The molecule has 0 aliphatic rings. The molecule has 0 bridgehead atoms. The van der Waals surface area contributed by atoms with Crippen molar-refractivity contribution in [3.8, 4) is 0 Å². The zero-order valence-electron chi connectivity index (χ0n) is 16.3. The highest BCUT2D eigenvalue weighted by Gasteiger charge is 2.47. The highest BCUT2D eigenvalue weighted by atomic mass is 16.6. The Hall–Kier alpha value is -1.06. The van der Waals surface area contributed by atoms with Crippen molar-refractivity contribution in [1.29, 1.82) is 0 Å². The first-order valence-electron chi connectivity index (χ1n) is 9.01. The van der Waals surface area contributed by atoms with Crippen LogP contribution in [0.1, 0.15) is 81.1 Å². The molecule has 0 aliphatic heterocycles. The van der Waals surface area contributed by atoms with Crippen molar-refractivity contribution in [2.45, 2.75) is 93.3 Å². The smallest absolute Gasteiger partial charge is 0.323 e. The molecule has 0 aromatic carbocycles. The lowest BCUT2D eigenvalue weighted by molar-refractivity contribution is -0.179. The van der Waals surface area contributed by atoms with E-state index in [1.807, 2.05) is 27.7 Å². The molecule has 23 heavy (non-hydrogen) atoms. The first kappa shape index (κ1) is 21.9. The highest BCUT2D eigenvalue weighted by molar-refractivity contribution is 6.00. The van der Waals surface area contributed by atoms with E-state index in [1.54, 1.807) is 0 Å². The zero-order chi connectivity index (χ0) is 18.2. The second-order valence-electron chi connectivity index (χ2n) is 7.48. The molecule has 2 atom stereocenters. The molecular weight excluding hydrogens is 292 g/mol. The molecule has 0 aliphatic carbocycles. The van der Waals surface area contributed by atoms with E-state index in [0.717, 1.165) is 12.8 Å². The molecular formula is C19H36O4. The molecule has 0 aromatic rings. The van der Waals surface area contributed by atoms with Gasteiger partial charge in [-0.25, -0.2) is 0 Å². The van der Waals surface area contributed by atoms with Gasteiger partial charge in [0.05, 0.1) is 12.2 Å². The fraction of sp³-hybridized carbons (Fsp3) is 0.895. The van der Waals surface area contributed by atoms with Crippen LogP contribution < -0.4 is 0 Å². The van der Waals surface area contributed by atoms with Gasteiger partial charge in [-0.05, 0) is 51.4 Å². The monoisotopic (exact) mass is 328 g/mol. The first-order valence-corrected chi connectivity index (χ1v) is 9.01. The quantitative estimate of drug-likeness (QED) is 0.429.